The lowest BCUT2D eigenvalue weighted by atomic mass is 10.2. The van der Waals surface area contributed by atoms with Gasteiger partial charge in [-0.25, -0.2) is 4.98 Å². The van der Waals surface area contributed by atoms with Gasteiger partial charge in [0.25, 0.3) is 0 Å². The number of hydrogen-bond acceptors (Lipinski definition) is 5. The van der Waals surface area contributed by atoms with Crippen LogP contribution in [-0.2, 0) is 0 Å². The second-order valence-electron chi connectivity index (χ2n) is 4.54. The fourth-order valence-corrected chi connectivity index (χ4v) is 2.99. The van der Waals surface area contributed by atoms with Crippen molar-refractivity contribution < 1.29 is 9.47 Å². The number of nitrogens with zero attached hydrogens (tertiary/aromatic N) is 2. The van der Waals surface area contributed by atoms with E-state index in [2.05, 4.69) is 23.4 Å². The largest absolute Gasteiger partial charge is 0.493 e. The summed E-state index contributed by atoms with van der Waals surface area (Å²) in [5.74, 6) is 3.98. The van der Waals surface area contributed by atoms with E-state index in [9.17, 15) is 0 Å². The van der Waals surface area contributed by atoms with Gasteiger partial charge in [-0.3, -0.25) is 0 Å². The number of hydrogen-bond donors (Lipinski definition) is 1. The van der Waals surface area contributed by atoms with E-state index in [0.29, 0.717) is 17.4 Å². The molecule has 0 amide bonds. The Labute approximate surface area is 123 Å². The van der Waals surface area contributed by atoms with Crippen molar-refractivity contribution in [3.05, 3.63) is 12.1 Å². The zero-order chi connectivity index (χ0) is 14.7. The van der Waals surface area contributed by atoms with E-state index in [0.717, 1.165) is 22.5 Å². The third-order valence-electron chi connectivity index (χ3n) is 3.23. The number of fused-ring (bicyclic) bond motifs is 1. The van der Waals surface area contributed by atoms with Crippen molar-refractivity contribution >= 4 is 28.7 Å². The topological polar surface area (TPSA) is 62.3 Å². The van der Waals surface area contributed by atoms with Crippen LogP contribution in [0.15, 0.2) is 12.1 Å². The van der Waals surface area contributed by atoms with Crippen LogP contribution in [0.25, 0.3) is 11.0 Å². The molecule has 0 radical (unpaired) electrons. The third-order valence-corrected chi connectivity index (χ3v) is 4.35. The third kappa shape index (κ3) is 2.65. The first-order chi connectivity index (χ1) is 9.62. The van der Waals surface area contributed by atoms with E-state index in [1.807, 2.05) is 23.9 Å². The molecule has 0 aliphatic rings. The molecule has 0 aliphatic carbocycles. The van der Waals surface area contributed by atoms with Gasteiger partial charge >= 0.3 is 0 Å². The molecule has 0 aliphatic heterocycles. The minimum Gasteiger partial charge on any atom is -0.493 e. The summed E-state index contributed by atoms with van der Waals surface area (Å²) in [5.41, 5.74) is 7.87. The first-order valence-electron chi connectivity index (χ1n) is 6.59. The first kappa shape index (κ1) is 14.8. The molecular formula is C14H21N3O2S. The highest BCUT2D eigenvalue weighted by atomic mass is 32.2. The number of benzene rings is 1. The molecule has 2 aromatic rings. The molecule has 2 N–H and O–H groups in total. The molecule has 0 saturated carbocycles. The van der Waals surface area contributed by atoms with Gasteiger partial charge in [-0.1, -0.05) is 6.92 Å². The number of thioether (sulfide) groups is 1. The van der Waals surface area contributed by atoms with Crippen molar-refractivity contribution in [2.75, 3.05) is 31.5 Å². The van der Waals surface area contributed by atoms with Gasteiger partial charge in [-0.05, 0) is 12.7 Å². The van der Waals surface area contributed by atoms with E-state index >= 15 is 0 Å². The van der Waals surface area contributed by atoms with Crippen molar-refractivity contribution in [2.45, 2.75) is 19.9 Å². The maximum absolute atomic E-state index is 6.07. The predicted molar refractivity (Wildman–Crippen MR) is 85.0 cm³/mol. The summed E-state index contributed by atoms with van der Waals surface area (Å²) < 4.78 is 12.7. The number of imidazole rings is 1. The van der Waals surface area contributed by atoms with Crippen molar-refractivity contribution in [3.8, 4) is 11.5 Å². The van der Waals surface area contributed by atoms with E-state index in [1.54, 1.807) is 14.2 Å². The van der Waals surface area contributed by atoms with Crippen LogP contribution in [0.3, 0.4) is 0 Å². The van der Waals surface area contributed by atoms with Crippen molar-refractivity contribution in [1.29, 1.82) is 0 Å². The van der Waals surface area contributed by atoms with Crippen LogP contribution < -0.4 is 15.2 Å². The Bertz CT molecular complexity index is 598. The number of nitrogens with two attached hydrogens (primary N) is 1. The quantitative estimate of drug-likeness (QED) is 0.887. The molecule has 1 unspecified atom stereocenters. The maximum Gasteiger partial charge on any atom is 0.201 e. The smallest absolute Gasteiger partial charge is 0.201 e. The fourth-order valence-electron chi connectivity index (χ4n) is 2.27. The Morgan fingerprint density at radius 1 is 1.30 bits per heavy atom. The standard InChI is InChI=1S/C14H21N3O2S/c1-5-20-8-9(2)17-11-7-13(19-4)12(18-3)6-10(11)16-14(17)15/h6-7,9H,5,8H2,1-4H3,(H2,15,16). The second-order valence-corrected chi connectivity index (χ2v) is 5.86. The van der Waals surface area contributed by atoms with Gasteiger partial charge < -0.3 is 19.8 Å². The van der Waals surface area contributed by atoms with Crippen LogP contribution >= 0.6 is 11.8 Å². The molecule has 1 atom stereocenters. The van der Waals surface area contributed by atoms with Crippen molar-refractivity contribution in [1.82, 2.24) is 9.55 Å². The average molecular weight is 295 g/mol. The van der Waals surface area contributed by atoms with Gasteiger partial charge in [-0.2, -0.15) is 11.8 Å². The van der Waals surface area contributed by atoms with Crippen LogP contribution in [-0.4, -0.2) is 35.3 Å². The second kappa shape index (κ2) is 6.26. The summed E-state index contributed by atoms with van der Waals surface area (Å²) in [6, 6.07) is 4.08. The Balaban J connectivity index is 2.51. The first-order valence-corrected chi connectivity index (χ1v) is 7.75. The predicted octanol–water partition coefficient (Wildman–Crippen LogP) is 2.95. The monoisotopic (exact) mass is 295 g/mol. The SMILES string of the molecule is CCSCC(C)n1c(N)nc2cc(OC)c(OC)cc21. The number of nitrogen functional groups attached to an aromatic ring is 1. The van der Waals surface area contributed by atoms with E-state index in [-0.39, 0.29) is 6.04 Å². The van der Waals surface area contributed by atoms with E-state index < -0.39 is 0 Å². The highest BCUT2D eigenvalue weighted by molar-refractivity contribution is 7.99. The summed E-state index contributed by atoms with van der Waals surface area (Å²) in [6.07, 6.45) is 0. The number of anilines is 1. The molecule has 2 rings (SSSR count). The molecule has 5 nitrogen and oxygen atoms in total. The van der Waals surface area contributed by atoms with Gasteiger partial charge in [0.1, 0.15) is 0 Å². The summed E-state index contributed by atoms with van der Waals surface area (Å²) in [5, 5.41) is 0. The average Bonchev–Trinajstić information content (AvgIpc) is 2.77. The molecule has 20 heavy (non-hydrogen) atoms. The summed E-state index contributed by atoms with van der Waals surface area (Å²) in [6.45, 7) is 4.30. The van der Waals surface area contributed by atoms with Gasteiger partial charge in [0.15, 0.2) is 11.5 Å². The number of methoxy groups -OCH3 is 2. The highest BCUT2D eigenvalue weighted by Gasteiger charge is 2.17. The lowest BCUT2D eigenvalue weighted by Gasteiger charge is -2.16. The van der Waals surface area contributed by atoms with Crippen LogP contribution in [0.2, 0.25) is 0 Å². The van der Waals surface area contributed by atoms with Crippen LogP contribution in [0.1, 0.15) is 19.9 Å². The van der Waals surface area contributed by atoms with Crippen molar-refractivity contribution in [3.63, 3.8) is 0 Å². The minimum atomic E-state index is 0.281. The summed E-state index contributed by atoms with van der Waals surface area (Å²) in [4.78, 5) is 4.42. The Morgan fingerprint density at radius 2 is 1.95 bits per heavy atom. The maximum atomic E-state index is 6.07. The summed E-state index contributed by atoms with van der Waals surface area (Å²) in [7, 11) is 3.24. The lowest BCUT2D eigenvalue weighted by Crippen LogP contribution is -2.11. The van der Waals surface area contributed by atoms with E-state index in [4.69, 9.17) is 15.2 Å². The molecule has 110 valence electrons. The Hall–Kier alpha value is -1.56. The highest BCUT2D eigenvalue weighted by Crippen LogP contribution is 2.34. The fraction of sp³-hybridized carbons (Fsp3) is 0.500. The molecular weight excluding hydrogens is 274 g/mol. The summed E-state index contributed by atoms with van der Waals surface area (Å²) >= 11 is 1.89. The number of rotatable bonds is 6. The Morgan fingerprint density at radius 3 is 2.55 bits per heavy atom. The molecule has 1 aromatic heterocycles. The van der Waals surface area contributed by atoms with Crippen molar-refractivity contribution in [2.24, 2.45) is 0 Å². The zero-order valence-electron chi connectivity index (χ0n) is 12.3. The molecule has 0 saturated heterocycles. The lowest BCUT2D eigenvalue weighted by molar-refractivity contribution is 0.355. The number of ether oxygens (including phenoxy) is 2. The van der Waals surface area contributed by atoms with Crippen LogP contribution in [0.5, 0.6) is 11.5 Å². The molecule has 1 aromatic carbocycles. The minimum absolute atomic E-state index is 0.281. The van der Waals surface area contributed by atoms with Crippen LogP contribution in [0.4, 0.5) is 5.95 Å². The molecule has 0 bridgehead atoms. The van der Waals surface area contributed by atoms with Gasteiger partial charge in [0, 0.05) is 23.9 Å². The molecule has 1 heterocycles. The molecule has 0 fully saturated rings. The van der Waals surface area contributed by atoms with E-state index in [1.165, 1.54) is 0 Å². The zero-order valence-corrected chi connectivity index (χ0v) is 13.2. The Kier molecular flexibility index (Phi) is 4.65. The van der Waals surface area contributed by atoms with Gasteiger partial charge in [-0.15, -0.1) is 0 Å². The number of aromatic nitrogens is 2. The normalized spacial score (nSPS) is 12.6. The van der Waals surface area contributed by atoms with Gasteiger partial charge in [0.2, 0.25) is 5.95 Å². The molecule has 0 spiro atoms. The van der Waals surface area contributed by atoms with Gasteiger partial charge in [0.05, 0.1) is 25.3 Å². The molecule has 6 heteroatoms. The van der Waals surface area contributed by atoms with Crippen LogP contribution in [0, 0.1) is 0 Å².